The van der Waals surface area contributed by atoms with Gasteiger partial charge in [-0.25, -0.2) is 0 Å². The van der Waals surface area contributed by atoms with E-state index in [4.69, 9.17) is 4.74 Å². The second-order valence-electron chi connectivity index (χ2n) is 9.31. The van der Waals surface area contributed by atoms with Crippen molar-refractivity contribution in [3.05, 3.63) is 23.3 Å². The predicted octanol–water partition coefficient (Wildman–Crippen LogP) is 5.44. The lowest BCUT2D eigenvalue weighted by atomic mass is 9.49. The first-order valence-corrected chi connectivity index (χ1v) is 9.89. The summed E-state index contributed by atoms with van der Waals surface area (Å²) in [5.74, 6) is 2.18. The average molecular weight is 328 g/mol. The van der Waals surface area contributed by atoms with Gasteiger partial charge in [-0.15, -0.1) is 0 Å². The van der Waals surface area contributed by atoms with Crippen LogP contribution in [0.2, 0.25) is 0 Å². The molecule has 0 aliphatic heterocycles. The molecule has 2 fully saturated rings. The summed E-state index contributed by atoms with van der Waals surface area (Å²) < 4.78 is 5.55. The van der Waals surface area contributed by atoms with Gasteiger partial charge in [0, 0.05) is 6.92 Å². The first-order valence-electron chi connectivity index (χ1n) is 9.89. The third-order valence-electron chi connectivity index (χ3n) is 8.28. The van der Waals surface area contributed by atoms with Crippen LogP contribution >= 0.6 is 0 Å². The smallest absolute Gasteiger partial charge is 0.302 e. The second kappa shape index (κ2) is 5.47. The number of carbonyl (C=O) groups excluding carboxylic acids is 1. The van der Waals surface area contributed by atoms with E-state index in [-0.39, 0.29) is 12.1 Å². The summed E-state index contributed by atoms with van der Waals surface area (Å²) in [5, 5.41) is 0. The molecule has 132 valence electrons. The standard InChI is InChI=1S/C22H32O2/c1-14-5-8-19-18-7-6-16-13-17(24-15(2)23)9-11-22(16,4)20(18)10-12-21(14,19)3/h5,10,16-19H,6-9,11-13H2,1-4H3. The van der Waals surface area contributed by atoms with Gasteiger partial charge in [-0.1, -0.05) is 37.1 Å². The molecule has 0 radical (unpaired) electrons. The zero-order chi connectivity index (χ0) is 17.1. The molecule has 0 heterocycles. The quantitative estimate of drug-likeness (QED) is 0.473. The molecule has 0 aromatic heterocycles. The molecule has 2 nitrogen and oxygen atoms in total. The third kappa shape index (κ3) is 2.24. The Balaban J connectivity index is 1.59. The number of esters is 1. The number of rotatable bonds is 1. The van der Waals surface area contributed by atoms with Crippen molar-refractivity contribution in [3.63, 3.8) is 0 Å². The van der Waals surface area contributed by atoms with Crippen molar-refractivity contribution in [3.8, 4) is 0 Å². The number of fused-ring (bicyclic) bond motifs is 5. The normalized spacial score (nSPS) is 47.0. The summed E-state index contributed by atoms with van der Waals surface area (Å²) in [6, 6.07) is 0. The lowest BCUT2D eigenvalue weighted by molar-refractivity contribution is -0.151. The number of ether oxygens (including phenoxy) is 1. The van der Waals surface area contributed by atoms with Crippen LogP contribution in [-0.4, -0.2) is 12.1 Å². The molecule has 0 bridgehead atoms. The van der Waals surface area contributed by atoms with Crippen molar-refractivity contribution in [2.45, 2.75) is 78.7 Å². The van der Waals surface area contributed by atoms with E-state index in [0.29, 0.717) is 16.7 Å². The molecule has 0 aromatic rings. The number of hydrogen-bond donors (Lipinski definition) is 0. The molecular formula is C22H32O2. The van der Waals surface area contributed by atoms with Crippen LogP contribution in [0.4, 0.5) is 0 Å². The van der Waals surface area contributed by atoms with Gasteiger partial charge in [0.2, 0.25) is 0 Å². The highest BCUT2D eigenvalue weighted by Gasteiger charge is 2.54. The van der Waals surface area contributed by atoms with Crippen molar-refractivity contribution in [1.82, 2.24) is 0 Å². The van der Waals surface area contributed by atoms with Crippen LogP contribution in [0.15, 0.2) is 23.3 Å². The van der Waals surface area contributed by atoms with Gasteiger partial charge in [0.25, 0.3) is 0 Å². The Labute approximate surface area is 146 Å². The van der Waals surface area contributed by atoms with Gasteiger partial charge >= 0.3 is 5.97 Å². The highest BCUT2D eigenvalue weighted by Crippen LogP contribution is 2.64. The Bertz CT molecular complexity index is 615. The Morgan fingerprint density at radius 1 is 1.17 bits per heavy atom. The molecule has 4 aliphatic carbocycles. The van der Waals surface area contributed by atoms with Crippen LogP contribution in [0.1, 0.15) is 72.6 Å². The fourth-order valence-electron chi connectivity index (χ4n) is 6.61. The van der Waals surface area contributed by atoms with Gasteiger partial charge in [0.1, 0.15) is 6.10 Å². The van der Waals surface area contributed by atoms with E-state index in [1.807, 2.05) is 0 Å². The molecule has 6 atom stereocenters. The Hall–Kier alpha value is -1.05. The fraction of sp³-hybridized carbons (Fsp3) is 0.773. The first kappa shape index (κ1) is 16.4. The number of carbonyl (C=O) groups is 1. The molecule has 4 rings (SSSR count). The van der Waals surface area contributed by atoms with Crippen molar-refractivity contribution < 1.29 is 9.53 Å². The average Bonchev–Trinajstić information content (AvgIpc) is 2.83. The first-order chi connectivity index (χ1) is 11.3. The van der Waals surface area contributed by atoms with Crippen LogP contribution < -0.4 is 0 Å². The van der Waals surface area contributed by atoms with Gasteiger partial charge < -0.3 is 4.74 Å². The minimum Gasteiger partial charge on any atom is -0.463 e. The monoisotopic (exact) mass is 328 g/mol. The minimum atomic E-state index is -0.113. The summed E-state index contributed by atoms with van der Waals surface area (Å²) in [5.41, 5.74) is 4.14. The van der Waals surface area contributed by atoms with Gasteiger partial charge in [0.15, 0.2) is 0 Å². The molecule has 0 saturated heterocycles. The molecular weight excluding hydrogens is 296 g/mol. The third-order valence-corrected chi connectivity index (χ3v) is 8.28. The van der Waals surface area contributed by atoms with Crippen LogP contribution in [0, 0.1) is 28.6 Å². The SMILES string of the molecule is CC(=O)OC1CCC2(C)C3=CCC4(C)C(C)=CCC4C3CCC2C1. The van der Waals surface area contributed by atoms with Crippen molar-refractivity contribution in [1.29, 1.82) is 0 Å². The lowest BCUT2D eigenvalue weighted by Crippen LogP contribution is -2.48. The summed E-state index contributed by atoms with van der Waals surface area (Å²) in [6.45, 7) is 8.90. The van der Waals surface area contributed by atoms with Crippen molar-refractivity contribution in [2.24, 2.45) is 28.6 Å². The molecule has 0 amide bonds. The highest BCUT2D eigenvalue weighted by atomic mass is 16.5. The molecule has 4 aliphatic rings. The Kier molecular flexibility index (Phi) is 3.75. The van der Waals surface area contributed by atoms with E-state index in [1.165, 1.54) is 32.1 Å². The minimum absolute atomic E-state index is 0.113. The molecule has 0 aromatic carbocycles. The van der Waals surface area contributed by atoms with E-state index in [0.717, 1.165) is 24.7 Å². The Morgan fingerprint density at radius 3 is 2.71 bits per heavy atom. The highest BCUT2D eigenvalue weighted by molar-refractivity contribution is 5.66. The summed E-state index contributed by atoms with van der Waals surface area (Å²) in [6.07, 6.45) is 13.7. The molecule has 0 N–H and O–H groups in total. The topological polar surface area (TPSA) is 26.3 Å². The van der Waals surface area contributed by atoms with Crippen LogP contribution in [0.5, 0.6) is 0 Å². The Morgan fingerprint density at radius 2 is 1.96 bits per heavy atom. The molecule has 24 heavy (non-hydrogen) atoms. The van der Waals surface area contributed by atoms with Crippen molar-refractivity contribution in [2.75, 3.05) is 0 Å². The second-order valence-corrected chi connectivity index (χ2v) is 9.31. The molecule has 2 saturated carbocycles. The molecule has 6 unspecified atom stereocenters. The van der Waals surface area contributed by atoms with Gasteiger partial charge in [0.05, 0.1) is 0 Å². The van der Waals surface area contributed by atoms with E-state index >= 15 is 0 Å². The van der Waals surface area contributed by atoms with Gasteiger partial charge in [-0.05, 0) is 80.5 Å². The largest absolute Gasteiger partial charge is 0.463 e. The van der Waals surface area contributed by atoms with E-state index in [2.05, 4.69) is 32.9 Å². The molecule has 0 spiro atoms. The maximum Gasteiger partial charge on any atom is 0.302 e. The van der Waals surface area contributed by atoms with Crippen LogP contribution in [0.25, 0.3) is 0 Å². The maximum atomic E-state index is 11.3. The number of allylic oxidation sites excluding steroid dienone is 4. The zero-order valence-electron chi connectivity index (χ0n) is 15.7. The lowest BCUT2D eigenvalue weighted by Gasteiger charge is -2.56. The summed E-state index contributed by atoms with van der Waals surface area (Å²) >= 11 is 0. The van der Waals surface area contributed by atoms with E-state index in [1.54, 1.807) is 18.1 Å². The predicted molar refractivity (Wildman–Crippen MR) is 96.4 cm³/mol. The van der Waals surface area contributed by atoms with E-state index in [9.17, 15) is 4.79 Å². The van der Waals surface area contributed by atoms with Gasteiger partial charge in [-0.3, -0.25) is 4.79 Å². The van der Waals surface area contributed by atoms with Crippen LogP contribution in [-0.2, 0) is 9.53 Å². The molecule has 2 heteroatoms. The van der Waals surface area contributed by atoms with E-state index < -0.39 is 0 Å². The van der Waals surface area contributed by atoms with Gasteiger partial charge in [-0.2, -0.15) is 0 Å². The summed E-state index contributed by atoms with van der Waals surface area (Å²) in [4.78, 5) is 11.3. The fourth-order valence-corrected chi connectivity index (χ4v) is 6.61. The number of hydrogen-bond acceptors (Lipinski definition) is 2. The van der Waals surface area contributed by atoms with Crippen LogP contribution in [0.3, 0.4) is 0 Å². The summed E-state index contributed by atoms with van der Waals surface area (Å²) in [7, 11) is 0. The maximum absolute atomic E-state index is 11.3. The zero-order valence-corrected chi connectivity index (χ0v) is 15.7. The van der Waals surface area contributed by atoms with Crippen molar-refractivity contribution >= 4 is 5.97 Å².